The van der Waals surface area contributed by atoms with Gasteiger partial charge >= 0.3 is 0 Å². The number of rotatable bonds is 10. The minimum Gasteiger partial charge on any atom is -0.305 e. The predicted octanol–water partition coefficient (Wildman–Crippen LogP) is 2.47. The predicted molar refractivity (Wildman–Crippen MR) is 76.8 cm³/mol. The van der Waals surface area contributed by atoms with E-state index in [0.29, 0.717) is 13.0 Å². The number of carbonyl (C=O) groups excluding carboxylic acids is 2. The van der Waals surface area contributed by atoms with Crippen LogP contribution in [0.2, 0.25) is 0 Å². The molecule has 1 aliphatic heterocycles. The van der Waals surface area contributed by atoms with Crippen LogP contribution in [-0.4, -0.2) is 35.8 Å². The number of unbranched alkanes of at least 4 members (excludes halogenated alkanes) is 5. The van der Waals surface area contributed by atoms with Crippen molar-refractivity contribution in [1.29, 1.82) is 0 Å². The van der Waals surface area contributed by atoms with E-state index < -0.39 is 0 Å². The quantitative estimate of drug-likeness (QED) is 0.489. The number of imide groups is 1. The monoisotopic (exact) mass is 268 g/mol. The summed E-state index contributed by atoms with van der Waals surface area (Å²) in [6.45, 7) is 5.60. The largest absolute Gasteiger partial charge is 0.305 e. The number of hydrogen-bond acceptors (Lipinski definition) is 3. The van der Waals surface area contributed by atoms with E-state index in [-0.39, 0.29) is 17.9 Å². The molecule has 0 aromatic rings. The lowest BCUT2D eigenvalue weighted by Gasteiger charge is -2.14. The standard InChI is InChI=1S/C15H28N2O2/c1-3-5-6-7-8-9-10-16-13-12-14(18)17(11-4-2)15(13)19/h13,16H,3-12H2,1-2H3. The van der Waals surface area contributed by atoms with Gasteiger partial charge < -0.3 is 5.32 Å². The molecule has 1 atom stereocenters. The van der Waals surface area contributed by atoms with Crippen LogP contribution in [0, 0.1) is 0 Å². The summed E-state index contributed by atoms with van der Waals surface area (Å²) in [5, 5.41) is 3.23. The van der Waals surface area contributed by atoms with Gasteiger partial charge in [0.25, 0.3) is 0 Å². The molecule has 1 unspecified atom stereocenters. The van der Waals surface area contributed by atoms with Crippen LogP contribution in [0.1, 0.15) is 65.2 Å². The molecule has 0 saturated carbocycles. The molecule has 0 spiro atoms. The van der Waals surface area contributed by atoms with E-state index in [2.05, 4.69) is 12.2 Å². The van der Waals surface area contributed by atoms with E-state index in [0.717, 1.165) is 19.4 Å². The van der Waals surface area contributed by atoms with Gasteiger partial charge in [-0.15, -0.1) is 0 Å². The van der Waals surface area contributed by atoms with Crippen molar-refractivity contribution in [2.45, 2.75) is 71.3 Å². The van der Waals surface area contributed by atoms with Gasteiger partial charge in [-0.25, -0.2) is 0 Å². The van der Waals surface area contributed by atoms with Gasteiger partial charge in [-0.2, -0.15) is 0 Å². The zero-order chi connectivity index (χ0) is 14.1. The van der Waals surface area contributed by atoms with Crippen molar-refractivity contribution in [3.8, 4) is 0 Å². The summed E-state index contributed by atoms with van der Waals surface area (Å²) in [7, 11) is 0. The Morgan fingerprint density at radius 3 is 2.42 bits per heavy atom. The van der Waals surface area contributed by atoms with E-state index in [4.69, 9.17) is 0 Å². The number of carbonyl (C=O) groups is 2. The molecule has 19 heavy (non-hydrogen) atoms. The normalized spacial score (nSPS) is 19.5. The lowest BCUT2D eigenvalue weighted by molar-refractivity contribution is -0.138. The van der Waals surface area contributed by atoms with Crippen molar-refractivity contribution >= 4 is 11.8 Å². The fourth-order valence-electron chi connectivity index (χ4n) is 2.48. The van der Waals surface area contributed by atoms with Crippen LogP contribution in [0.5, 0.6) is 0 Å². The van der Waals surface area contributed by atoms with Crippen LogP contribution in [0.4, 0.5) is 0 Å². The van der Waals surface area contributed by atoms with Gasteiger partial charge in [-0.1, -0.05) is 46.0 Å². The highest BCUT2D eigenvalue weighted by atomic mass is 16.2. The molecule has 0 radical (unpaired) electrons. The highest BCUT2D eigenvalue weighted by Crippen LogP contribution is 2.13. The third-order valence-electron chi connectivity index (χ3n) is 3.61. The molecular weight excluding hydrogens is 240 g/mol. The molecule has 0 aliphatic carbocycles. The SMILES string of the molecule is CCCCCCCCNC1CC(=O)N(CCC)C1=O. The summed E-state index contributed by atoms with van der Waals surface area (Å²) >= 11 is 0. The Morgan fingerprint density at radius 2 is 1.74 bits per heavy atom. The molecule has 4 heteroatoms. The summed E-state index contributed by atoms with van der Waals surface area (Å²) in [6, 6.07) is -0.269. The van der Waals surface area contributed by atoms with Crippen LogP contribution in [-0.2, 0) is 9.59 Å². The maximum Gasteiger partial charge on any atom is 0.246 e. The Kier molecular flexibility index (Phi) is 7.72. The second-order valence-corrected chi connectivity index (χ2v) is 5.36. The van der Waals surface area contributed by atoms with Crippen LogP contribution < -0.4 is 5.32 Å². The number of nitrogens with zero attached hydrogens (tertiary/aromatic N) is 1. The van der Waals surface area contributed by atoms with Gasteiger partial charge in [-0.05, 0) is 19.4 Å². The Bertz CT molecular complexity index is 292. The lowest BCUT2D eigenvalue weighted by atomic mass is 10.1. The Balaban J connectivity index is 2.13. The van der Waals surface area contributed by atoms with Gasteiger partial charge in [0.05, 0.1) is 12.5 Å². The van der Waals surface area contributed by atoms with Gasteiger partial charge in [-0.3, -0.25) is 14.5 Å². The zero-order valence-electron chi connectivity index (χ0n) is 12.4. The Hall–Kier alpha value is -0.900. The molecule has 1 saturated heterocycles. The number of hydrogen-bond donors (Lipinski definition) is 1. The first kappa shape index (κ1) is 16.2. The number of amides is 2. The molecule has 1 rings (SSSR count). The summed E-state index contributed by atoms with van der Waals surface area (Å²) in [5.41, 5.74) is 0. The third kappa shape index (κ3) is 5.31. The average Bonchev–Trinajstić information content (AvgIpc) is 2.66. The van der Waals surface area contributed by atoms with Gasteiger partial charge in [0, 0.05) is 6.54 Å². The second kappa shape index (κ2) is 9.08. The molecule has 4 nitrogen and oxygen atoms in total. The summed E-state index contributed by atoms with van der Waals surface area (Å²) in [4.78, 5) is 25.0. The smallest absolute Gasteiger partial charge is 0.246 e. The molecule has 1 fully saturated rings. The average molecular weight is 268 g/mol. The zero-order valence-corrected chi connectivity index (χ0v) is 12.4. The number of likely N-dealkylation sites (tertiary alicyclic amines) is 1. The molecule has 0 bridgehead atoms. The van der Waals surface area contributed by atoms with Crippen molar-refractivity contribution in [1.82, 2.24) is 10.2 Å². The van der Waals surface area contributed by atoms with Crippen LogP contribution >= 0.6 is 0 Å². The molecule has 1 aliphatic rings. The molecule has 1 N–H and O–H groups in total. The lowest BCUT2D eigenvalue weighted by Crippen LogP contribution is -2.39. The van der Waals surface area contributed by atoms with Crippen LogP contribution in [0.3, 0.4) is 0 Å². The van der Waals surface area contributed by atoms with Crippen molar-refractivity contribution in [2.75, 3.05) is 13.1 Å². The maximum atomic E-state index is 12.0. The Morgan fingerprint density at radius 1 is 1.05 bits per heavy atom. The fraction of sp³-hybridized carbons (Fsp3) is 0.867. The van der Waals surface area contributed by atoms with E-state index in [1.54, 1.807) is 0 Å². The molecule has 0 aromatic carbocycles. The molecule has 110 valence electrons. The second-order valence-electron chi connectivity index (χ2n) is 5.36. The maximum absolute atomic E-state index is 12.0. The number of nitrogens with one attached hydrogen (secondary N) is 1. The van der Waals surface area contributed by atoms with E-state index in [1.165, 1.54) is 37.0 Å². The highest BCUT2D eigenvalue weighted by Gasteiger charge is 2.37. The molecule has 1 heterocycles. The van der Waals surface area contributed by atoms with Crippen molar-refractivity contribution in [2.24, 2.45) is 0 Å². The summed E-state index contributed by atoms with van der Waals surface area (Å²) in [6.07, 6.45) is 8.64. The molecule has 2 amide bonds. The summed E-state index contributed by atoms with van der Waals surface area (Å²) < 4.78 is 0. The van der Waals surface area contributed by atoms with E-state index in [1.807, 2.05) is 6.92 Å². The van der Waals surface area contributed by atoms with E-state index in [9.17, 15) is 9.59 Å². The molecular formula is C15H28N2O2. The first-order valence-electron chi connectivity index (χ1n) is 7.78. The van der Waals surface area contributed by atoms with Crippen LogP contribution in [0.15, 0.2) is 0 Å². The van der Waals surface area contributed by atoms with Crippen LogP contribution in [0.25, 0.3) is 0 Å². The van der Waals surface area contributed by atoms with Crippen molar-refractivity contribution < 1.29 is 9.59 Å². The highest BCUT2D eigenvalue weighted by molar-refractivity contribution is 6.05. The first-order chi connectivity index (χ1) is 9.20. The first-order valence-corrected chi connectivity index (χ1v) is 7.78. The topological polar surface area (TPSA) is 49.4 Å². The van der Waals surface area contributed by atoms with E-state index >= 15 is 0 Å². The molecule has 0 aromatic heterocycles. The summed E-state index contributed by atoms with van der Waals surface area (Å²) in [5.74, 6) is -0.0508. The van der Waals surface area contributed by atoms with Gasteiger partial charge in [0.15, 0.2) is 0 Å². The minimum absolute atomic E-state index is 0.0210. The third-order valence-corrected chi connectivity index (χ3v) is 3.61. The fourth-order valence-corrected chi connectivity index (χ4v) is 2.48. The van der Waals surface area contributed by atoms with Crippen molar-refractivity contribution in [3.05, 3.63) is 0 Å². The van der Waals surface area contributed by atoms with Gasteiger partial charge in [0.2, 0.25) is 11.8 Å². The van der Waals surface area contributed by atoms with Crippen molar-refractivity contribution in [3.63, 3.8) is 0 Å². The Labute approximate surface area is 116 Å². The van der Waals surface area contributed by atoms with Gasteiger partial charge in [0.1, 0.15) is 0 Å². The minimum atomic E-state index is -0.269.